The second-order valence-electron chi connectivity index (χ2n) is 8.98. The van der Waals surface area contributed by atoms with Gasteiger partial charge < -0.3 is 9.15 Å². The van der Waals surface area contributed by atoms with E-state index in [1.54, 1.807) is 60.7 Å². The predicted octanol–water partition coefficient (Wildman–Crippen LogP) is 7.49. The van der Waals surface area contributed by atoms with Crippen molar-refractivity contribution in [2.24, 2.45) is 5.10 Å². The number of nitrogens with zero attached hydrogens (tertiary/aromatic N) is 4. The lowest BCUT2D eigenvalue weighted by Crippen LogP contribution is -2.20. The maximum Gasteiger partial charge on any atom is 0.313 e. The molecule has 0 unspecified atom stereocenters. The van der Waals surface area contributed by atoms with Gasteiger partial charge in [-0.2, -0.15) is 9.78 Å². The van der Waals surface area contributed by atoms with Gasteiger partial charge in [0.25, 0.3) is 5.56 Å². The molecule has 0 fully saturated rings. The van der Waals surface area contributed by atoms with E-state index >= 15 is 0 Å². The number of fused-ring (bicyclic) bond motifs is 2. The molecule has 0 saturated carbocycles. The Balaban J connectivity index is 1.49. The summed E-state index contributed by atoms with van der Waals surface area (Å²) < 4.78 is 13.0. The normalized spacial score (nSPS) is 11.5. The topological polar surface area (TPSA) is 113 Å². The van der Waals surface area contributed by atoms with Crippen LogP contribution >= 0.6 is 23.2 Å². The molecular formula is C30H18Cl2N4O5. The van der Waals surface area contributed by atoms with Crippen molar-refractivity contribution in [3.8, 4) is 17.3 Å². The van der Waals surface area contributed by atoms with Gasteiger partial charge in [0.1, 0.15) is 12.2 Å². The summed E-state index contributed by atoms with van der Waals surface area (Å²) in [6.45, 7) is 0.0161. The van der Waals surface area contributed by atoms with E-state index in [0.29, 0.717) is 27.3 Å². The molecule has 202 valence electrons. The molecule has 0 amide bonds. The summed E-state index contributed by atoms with van der Waals surface area (Å²) in [7, 11) is 0. The third kappa shape index (κ3) is 5.28. The molecule has 0 aliphatic carbocycles. The Morgan fingerprint density at radius 1 is 0.976 bits per heavy atom. The first kappa shape index (κ1) is 26.2. The summed E-state index contributed by atoms with van der Waals surface area (Å²) in [5.74, 6) is 0.411. The Hall–Kier alpha value is -4.99. The lowest BCUT2D eigenvalue weighted by Gasteiger charge is -2.11. The van der Waals surface area contributed by atoms with Gasteiger partial charge in [-0.15, -0.1) is 0 Å². The summed E-state index contributed by atoms with van der Waals surface area (Å²) in [5, 5.41) is 18.1. The van der Waals surface area contributed by atoms with E-state index in [1.165, 1.54) is 18.3 Å². The van der Waals surface area contributed by atoms with Gasteiger partial charge in [0.15, 0.2) is 5.76 Å². The van der Waals surface area contributed by atoms with Gasteiger partial charge in [-0.25, -0.2) is 4.98 Å². The van der Waals surface area contributed by atoms with Crippen LogP contribution in [0.25, 0.3) is 33.5 Å². The highest BCUT2D eigenvalue weighted by Gasteiger charge is 2.22. The zero-order valence-corrected chi connectivity index (χ0v) is 22.5. The molecule has 6 rings (SSSR count). The Labute approximate surface area is 242 Å². The van der Waals surface area contributed by atoms with Gasteiger partial charge in [0.2, 0.25) is 11.6 Å². The molecule has 4 aromatic carbocycles. The lowest BCUT2D eigenvalue weighted by atomic mass is 10.2. The van der Waals surface area contributed by atoms with Gasteiger partial charge in [-0.1, -0.05) is 65.7 Å². The van der Waals surface area contributed by atoms with E-state index < -0.39 is 10.5 Å². The smallest absolute Gasteiger partial charge is 0.313 e. The fourth-order valence-electron chi connectivity index (χ4n) is 4.33. The van der Waals surface area contributed by atoms with Gasteiger partial charge in [-0.3, -0.25) is 14.9 Å². The number of nitro benzene ring substituents is 1. The van der Waals surface area contributed by atoms with Crippen LogP contribution in [0.5, 0.6) is 5.75 Å². The number of para-hydroxylation sites is 2. The maximum atomic E-state index is 13.6. The van der Waals surface area contributed by atoms with E-state index in [2.05, 4.69) is 10.1 Å². The van der Waals surface area contributed by atoms with Gasteiger partial charge in [-0.05, 0) is 48.0 Å². The number of hydrogen-bond donors (Lipinski definition) is 0. The van der Waals surface area contributed by atoms with Crippen LogP contribution in [-0.2, 0) is 6.61 Å². The molecule has 9 nitrogen and oxygen atoms in total. The van der Waals surface area contributed by atoms with Crippen molar-refractivity contribution in [2.75, 3.05) is 0 Å². The van der Waals surface area contributed by atoms with Crippen LogP contribution in [0, 0.1) is 10.1 Å². The van der Waals surface area contributed by atoms with E-state index in [1.807, 2.05) is 18.2 Å². The Bertz CT molecular complexity index is 2000. The second-order valence-corrected chi connectivity index (χ2v) is 9.85. The molecule has 0 radical (unpaired) electrons. The van der Waals surface area contributed by atoms with E-state index in [0.717, 1.165) is 15.6 Å². The molecule has 11 heteroatoms. The summed E-state index contributed by atoms with van der Waals surface area (Å²) >= 11 is 12.2. The molecule has 6 aromatic rings. The minimum Gasteiger partial charge on any atom is -0.481 e. The Morgan fingerprint density at radius 2 is 1.73 bits per heavy atom. The molecule has 0 atom stereocenters. The minimum atomic E-state index is -0.593. The molecule has 0 N–H and O–H groups in total. The zero-order valence-electron chi connectivity index (χ0n) is 21.0. The number of nitro groups is 1. The molecular weight excluding hydrogens is 567 g/mol. The zero-order chi connectivity index (χ0) is 28.5. The highest BCUT2D eigenvalue weighted by atomic mass is 35.5. The first-order chi connectivity index (χ1) is 19.9. The van der Waals surface area contributed by atoms with Crippen molar-refractivity contribution in [1.82, 2.24) is 9.66 Å². The fraction of sp³-hybridized carbons (Fsp3) is 0.0333. The average Bonchev–Trinajstić information content (AvgIpc) is 3.41. The van der Waals surface area contributed by atoms with Crippen molar-refractivity contribution in [3.05, 3.63) is 133 Å². The SMILES string of the molecule is O=c1c2ccccc2nc(-c2cc3ccccc3o2)n1N=Cc1cc(Cl)cc([N+](=O)[O-])c1OCc1ccc(Cl)cc1. The molecule has 0 aliphatic heterocycles. The number of halogens is 2. The second kappa shape index (κ2) is 10.9. The highest BCUT2D eigenvalue weighted by molar-refractivity contribution is 6.31. The quantitative estimate of drug-likeness (QED) is 0.109. The van der Waals surface area contributed by atoms with Crippen LogP contribution in [-0.4, -0.2) is 20.8 Å². The molecule has 41 heavy (non-hydrogen) atoms. The van der Waals surface area contributed by atoms with Crippen LogP contribution in [0.15, 0.2) is 105 Å². The first-order valence-corrected chi connectivity index (χ1v) is 13.0. The monoisotopic (exact) mass is 584 g/mol. The average molecular weight is 585 g/mol. The molecule has 0 saturated heterocycles. The molecule has 2 aromatic heterocycles. The Kier molecular flexibility index (Phi) is 6.96. The molecule has 0 bridgehead atoms. The number of furan rings is 1. The van der Waals surface area contributed by atoms with Crippen molar-refractivity contribution >= 4 is 57.0 Å². The first-order valence-electron chi connectivity index (χ1n) is 12.3. The van der Waals surface area contributed by atoms with Crippen LogP contribution in [0.3, 0.4) is 0 Å². The molecule has 0 spiro atoms. The number of ether oxygens (including phenoxy) is 1. The predicted molar refractivity (Wildman–Crippen MR) is 158 cm³/mol. The number of benzene rings is 4. The van der Waals surface area contributed by atoms with Crippen LogP contribution in [0.4, 0.5) is 5.69 Å². The Morgan fingerprint density at radius 3 is 2.51 bits per heavy atom. The van der Waals surface area contributed by atoms with Crippen molar-refractivity contribution in [1.29, 1.82) is 0 Å². The van der Waals surface area contributed by atoms with Crippen LogP contribution < -0.4 is 10.3 Å². The van der Waals surface area contributed by atoms with Crippen LogP contribution in [0.1, 0.15) is 11.1 Å². The van der Waals surface area contributed by atoms with E-state index in [4.69, 9.17) is 32.4 Å². The summed E-state index contributed by atoms with van der Waals surface area (Å²) in [6, 6.07) is 25.6. The fourth-order valence-corrected chi connectivity index (χ4v) is 4.67. The number of hydrogen-bond acceptors (Lipinski definition) is 7. The van der Waals surface area contributed by atoms with Crippen molar-refractivity contribution in [2.45, 2.75) is 6.61 Å². The highest BCUT2D eigenvalue weighted by Crippen LogP contribution is 2.35. The third-order valence-electron chi connectivity index (χ3n) is 6.27. The van der Waals surface area contributed by atoms with Gasteiger partial charge >= 0.3 is 5.69 Å². The van der Waals surface area contributed by atoms with E-state index in [-0.39, 0.29) is 34.5 Å². The van der Waals surface area contributed by atoms with E-state index in [9.17, 15) is 14.9 Å². The molecule has 0 aliphatic rings. The standard InChI is InChI=1S/C30H18Cl2N4O5/c31-21-11-9-18(10-12-21)17-40-28-20(13-22(32)15-25(28)36(38)39)16-33-35-29(27-14-19-5-1-4-8-26(19)41-27)34-24-7-3-2-6-23(24)30(35)37/h1-16H,17H2. The van der Waals surface area contributed by atoms with Gasteiger partial charge in [0, 0.05) is 27.1 Å². The van der Waals surface area contributed by atoms with Gasteiger partial charge in [0.05, 0.1) is 22.0 Å². The minimum absolute atomic E-state index is 0.0161. The maximum absolute atomic E-state index is 13.6. The number of aromatic nitrogens is 2. The van der Waals surface area contributed by atoms with Crippen molar-refractivity contribution < 1.29 is 14.1 Å². The molecule has 2 heterocycles. The summed E-state index contributed by atoms with van der Waals surface area (Å²) in [6.07, 6.45) is 1.28. The number of rotatable bonds is 7. The van der Waals surface area contributed by atoms with Crippen molar-refractivity contribution in [3.63, 3.8) is 0 Å². The third-order valence-corrected chi connectivity index (χ3v) is 6.74. The van der Waals surface area contributed by atoms with Crippen LogP contribution in [0.2, 0.25) is 10.0 Å². The summed E-state index contributed by atoms with van der Waals surface area (Å²) in [5.41, 5.74) is 1.20. The summed E-state index contributed by atoms with van der Waals surface area (Å²) in [4.78, 5) is 29.6. The largest absolute Gasteiger partial charge is 0.481 e. The lowest BCUT2D eigenvalue weighted by molar-refractivity contribution is -0.385.